The van der Waals surface area contributed by atoms with Gasteiger partial charge in [-0.1, -0.05) is 0 Å². The Balaban J connectivity index is 2.16. The zero-order valence-electron chi connectivity index (χ0n) is 28.1. The molecule has 2 heteroatoms. The van der Waals surface area contributed by atoms with E-state index in [9.17, 15) is 0 Å². The first kappa shape index (κ1) is 32.7. The summed E-state index contributed by atoms with van der Waals surface area (Å²) >= 11 is 4.76. The quantitative estimate of drug-likeness (QED) is 0.194. The van der Waals surface area contributed by atoms with E-state index in [2.05, 4.69) is 180 Å². The molecule has 0 spiro atoms. The number of rotatable bonds is 4. The molecule has 224 valence electrons. The van der Waals surface area contributed by atoms with Crippen LogP contribution < -0.4 is 21.2 Å². The second-order valence-corrected chi connectivity index (χ2v) is 24.5. The van der Waals surface area contributed by atoms with Crippen LogP contribution in [0.5, 0.6) is 0 Å². The summed E-state index contributed by atoms with van der Waals surface area (Å²) in [7, 11) is 0. The van der Waals surface area contributed by atoms with Crippen molar-refractivity contribution in [2.45, 2.75) is 105 Å². The SMILES string of the molecule is CC(C)(C)c1ccc(P(Br)(c2ccc(C(C)(C)C)cc2)(c2ccc(C(C)(C)C)cc2)c2ccc(C(C)(C)C)cc2)cc1. The van der Waals surface area contributed by atoms with E-state index in [1.807, 2.05) is 0 Å². The van der Waals surface area contributed by atoms with Gasteiger partial charge in [-0.15, -0.1) is 0 Å². The molecule has 0 atom stereocenters. The van der Waals surface area contributed by atoms with Gasteiger partial charge in [0.05, 0.1) is 0 Å². The fourth-order valence-electron chi connectivity index (χ4n) is 5.86. The molecule has 4 rings (SSSR count). The Kier molecular flexibility index (Phi) is 8.37. The van der Waals surface area contributed by atoms with Gasteiger partial charge in [0.25, 0.3) is 0 Å². The van der Waals surface area contributed by atoms with E-state index in [-0.39, 0.29) is 21.7 Å². The maximum atomic E-state index is 4.76. The van der Waals surface area contributed by atoms with E-state index >= 15 is 0 Å². The van der Waals surface area contributed by atoms with Crippen molar-refractivity contribution >= 4 is 42.0 Å². The molecule has 0 saturated heterocycles. The summed E-state index contributed by atoms with van der Waals surface area (Å²) in [4.78, 5) is 0. The van der Waals surface area contributed by atoms with Gasteiger partial charge in [0.1, 0.15) is 0 Å². The van der Waals surface area contributed by atoms with E-state index < -0.39 is 5.31 Å². The third-order valence-electron chi connectivity index (χ3n) is 8.87. The Labute approximate surface area is 265 Å². The summed E-state index contributed by atoms with van der Waals surface area (Å²) < 4.78 is 0. The van der Waals surface area contributed by atoms with Gasteiger partial charge in [-0.05, 0) is 0 Å². The minimum atomic E-state index is -3.35. The summed E-state index contributed by atoms with van der Waals surface area (Å²) in [5, 5.41) is 1.94. The van der Waals surface area contributed by atoms with E-state index in [4.69, 9.17) is 15.5 Å². The molecule has 0 amide bonds. The summed E-state index contributed by atoms with van der Waals surface area (Å²) in [5.41, 5.74) is 5.71. The van der Waals surface area contributed by atoms with Crippen molar-refractivity contribution in [3.05, 3.63) is 119 Å². The normalized spacial score (nSPS) is 14.4. The predicted octanol–water partition coefficient (Wildman–Crippen LogP) is 10.3. The van der Waals surface area contributed by atoms with Gasteiger partial charge in [-0.3, -0.25) is 0 Å². The Bertz CT molecular complexity index is 1270. The molecule has 4 aromatic rings. The first-order valence-electron chi connectivity index (χ1n) is 15.3. The molecule has 0 aliphatic rings. The van der Waals surface area contributed by atoms with Gasteiger partial charge in [-0.25, -0.2) is 0 Å². The fraction of sp³-hybridized carbons (Fsp3) is 0.400. The van der Waals surface area contributed by atoms with E-state index in [0.29, 0.717) is 0 Å². The van der Waals surface area contributed by atoms with Crippen LogP contribution in [0.2, 0.25) is 0 Å². The molecule has 0 unspecified atom stereocenters. The van der Waals surface area contributed by atoms with Crippen molar-refractivity contribution < 1.29 is 0 Å². The second kappa shape index (κ2) is 10.7. The molecule has 42 heavy (non-hydrogen) atoms. The molecule has 0 aliphatic heterocycles. The zero-order valence-corrected chi connectivity index (χ0v) is 30.5. The molecule has 0 aromatic heterocycles. The van der Waals surface area contributed by atoms with Crippen LogP contribution in [0.3, 0.4) is 0 Å². The van der Waals surface area contributed by atoms with Gasteiger partial charge in [0, 0.05) is 0 Å². The number of hydrogen-bond donors (Lipinski definition) is 0. The van der Waals surface area contributed by atoms with E-state index in [0.717, 1.165) is 0 Å². The summed E-state index contributed by atoms with van der Waals surface area (Å²) in [5.74, 6) is 0. The van der Waals surface area contributed by atoms with Crippen molar-refractivity contribution in [2.75, 3.05) is 0 Å². The third kappa shape index (κ3) is 5.81. The Hall–Kier alpha value is -2.21. The standard InChI is InChI=1S/C40H52BrP/c1-37(2,3)29-13-21-33(22-14-29)42(41,34-23-15-30(16-24-34)38(4,5)6,35-25-17-31(18-26-35)39(7,8)9)36-27-19-32(20-28-36)40(10,11)12/h13-28H,1-12H3. The minimum absolute atomic E-state index is 0.0817. The Morgan fingerprint density at radius 1 is 0.310 bits per heavy atom. The Morgan fingerprint density at radius 3 is 0.571 bits per heavy atom. The van der Waals surface area contributed by atoms with Crippen LogP contribution in [-0.2, 0) is 21.7 Å². The average Bonchev–Trinajstić information content (AvgIpc) is 2.91. The molecule has 0 saturated carbocycles. The molecule has 4 aromatic carbocycles. The van der Waals surface area contributed by atoms with Crippen molar-refractivity contribution in [3.63, 3.8) is 0 Å². The third-order valence-corrected chi connectivity index (χ3v) is 18.9. The van der Waals surface area contributed by atoms with Crippen LogP contribution in [0.1, 0.15) is 105 Å². The van der Waals surface area contributed by atoms with E-state index in [1.165, 1.54) is 43.5 Å². The van der Waals surface area contributed by atoms with E-state index in [1.54, 1.807) is 0 Å². The predicted molar refractivity (Wildman–Crippen MR) is 195 cm³/mol. The van der Waals surface area contributed by atoms with Crippen LogP contribution in [0.15, 0.2) is 97.1 Å². The molecule has 0 N–H and O–H groups in total. The van der Waals surface area contributed by atoms with Crippen LogP contribution >= 0.6 is 20.8 Å². The van der Waals surface area contributed by atoms with Gasteiger partial charge in [-0.2, -0.15) is 0 Å². The van der Waals surface area contributed by atoms with Crippen LogP contribution in [0.4, 0.5) is 0 Å². The monoisotopic (exact) mass is 642 g/mol. The van der Waals surface area contributed by atoms with Crippen molar-refractivity contribution in [1.29, 1.82) is 0 Å². The van der Waals surface area contributed by atoms with Gasteiger partial charge in [0.15, 0.2) is 0 Å². The summed E-state index contributed by atoms with van der Waals surface area (Å²) in [6.07, 6.45) is 0. The first-order chi connectivity index (χ1) is 19.2. The van der Waals surface area contributed by atoms with Crippen molar-refractivity contribution in [1.82, 2.24) is 0 Å². The number of halogens is 1. The van der Waals surface area contributed by atoms with Crippen molar-refractivity contribution in [3.8, 4) is 0 Å². The molecular formula is C40H52BrP. The van der Waals surface area contributed by atoms with Gasteiger partial charge in [0.2, 0.25) is 0 Å². The number of hydrogen-bond acceptors (Lipinski definition) is 0. The molecule has 0 fully saturated rings. The average molecular weight is 644 g/mol. The second-order valence-electron chi connectivity index (χ2n) is 16.2. The molecular weight excluding hydrogens is 591 g/mol. The molecule has 0 nitrogen and oxygen atoms in total. The fourth-order valence-corrected chi connectivity index (χ4v) is 13.3. The van der Waals surface area contributed by atoms with Crippen LogP contribution in [0, 0.1) is 0 Å². The molecule has 0 radical (unpaired) electrons. The molecule has 0 aliphatic carbocycles. The topological polar surface area (TPSA) is 0 Å². The molecule has 0 bridgehead atoms. The van der Waals surface area contributed by atoms with Crippen LogP contribution in [0.25, 0.3) is 0 Å². The summed E-state index contributed by atoms with van der Waals surface area (Å²) in [6, 6.07) is 37.8. The van der Waals surface area contributed by atoms with Gasteiger partial charge < -0.3 is 0 Å². The molecule has 0 heterocycles. The zero-order chi connectivity index (χ0) is 31.4. The maximum absolute atomic E-state index is 4.76. The summed E-state index contributed by atoms with van der Waals surface area (Å²) in [6.45, 7) is 27.5. The van der Waals surface area contributed by atoms with Crippen LogP contribution in [-0.4, -0.2) is 0 Å². The first-order valence-corrected chi connectivity index (χ1v) is 19.6. The number of benzene rings is 4. The van der Waals surface area contributed by atoms with Gasteiger partial charge >= 0.3 is 266 Å². The Morgan fingerprint density at radius 2 is 0.452 bits per heavy atom. The van der Waals surface area contributed by atoms with Crippen molar-refractivity contribution in [2.24, 2.45) is 0 Å².